The van der Waals surface area contributed by atoms with E-state index in [9.17, 15) is 4.39 Å². The van der Waals surface area contributed by atoms with E-state index in [-0.39, 0.29) is 5.82 Å². The Hall–Kier alpha value is -0.0600. The quantitative estimate of drug-likeness (QED) is 0.902. The Morgan fingerprint density at radius 3 is 3.00 bits per heavy atom. The van der Waals surface area contributed by atoms with Gasteiger partial charge >= 0.3 is 0 Å². The van der Waals surface area contributed by atoms with Gasteiger partial charge in [-0.1, -0.05) is 22.0 Å². The number of nitrogens with one attached hydrogen (secondary N) is 1. The fourth-order valence-electron chi connectivity index (χ4n) is 2.10. The van der Waals surface area contributed by atoms with Crippen LogP contribution in [0.15, 0.2) is 22.7 Å². The molecule has 1 fully saturated rings. The molecule has 1 N–H and O–H groups in total. The molecule has 1 aromatic rings. The van der Waals surface area contributed by atoms with Gasteiger partial charge in [-0.2, -0.15) is 11.8 Å². The summed E-state index contributed by atoms with van der Waals surface area (Å²) in [4.78, 5) is 0. The van der Waals surface area contributed by atoms with Gasteiger partial charge in [0, 0.05) is 22.3 Å². The number of thioether (sulfide) groups is 1. The molecule has 1 aromatic carbocycles. The number of benzene rings is 1. The Morgan fingerprint density at radius 1 is 1.53 bits per heavy atom. The van der Waals surface area contributed by atoms with Crippen molar-refractivity contribution < 1.29 is 4.39 Å². The molecule has 0 saturated carbocycles. The standard InChI is InChI=1S/C13H17BrFNS/c1-13(5-2-6-17-13)9-16-8-10-3-4-11(15)7-12(10)14/h3-4,7,16H,2,5-6,8-9H2,1H3. The summed E-state index contributed by atoms with van der Waals surface area (Å²) in [7, 11) is 0. The SMILES string of the molecule is CC1(CNCc2ccc(F)cc2Br)CCCS1. The van der Waals surface area contributed by atoms with Crippen LogP contribution in [0.4, 0.5) is 4.39 Å². The molecule has 1 unspecified atom stereocenters. The highest BCUT2D eigenvalue weighted by Gasteiger charge is 2.28. The molecule has 4 heteroatoms. The van der Waals surface area contributed by atoms with Crippen molar-refractivity contribution in [1.82, 2.24) is 5.32 Å². The molecule has 1 atom stereocenters. The van der Waals surface area contributed by atoms with Crippen LogP contribution in [0.2, 0.25) is 0 Å². The fourth-order valence-corrected chi connectivity index (χ4v) is 3.87. The number of halogens is 2. The second kappa shape index (κ2) is 5.72. The molecule has 0 amide bonds. The molecule has 0 spiro atoms. The van der Waals surface area contributed by atoms with Crippen molar-refractivity contribution in [3.8, 4) is 0 Å². The van der Waals surface area contributed by atoms with Crippen LogP contribution in [-0.2, 0) is 6.54 Å². The Morgan fingerprint density at radius 2 is 2.35 bits per heavy atom. The molecule has 94 valence electrons. The van der Waals surface area contributed by atoms with Gasteiger partial charge in [-0.05, 0) is 43.2 Å². The van der Waals surface area contributed by atoms with Crippen molar-refractivity contribution in [2.45, 2.75) is 31.1 Å². The second-order valence-electron chi connectivity index (χ2n) is 4.74. The van der Waals surface area contributed by atoms with Crippen molar-refractivity contribution in [3.05, 3.63) is 34.1 Å². The van der Waals surface area contributed by atoms with Gasteiger partial charge in [0.2, 0.25) is 0 Å². The highest BCUT2D eigenvalue weighted by Crippen LogP contribution is 2.37. The minimum atomic E-state index is -0.195. The van der Waals surface area contributed by atoms with Crippen molar-refractivity contribution >= 4 is 27.7 Å². The summed E-state index contributed by atoms with van der Waals surface area (Å²) in [5.41, 5.74) is 1.11. The van der Waals surface area contributed by atoms with Crippen LogP contribution >= 0.6 is 27.7 Å². The van der Waals surface area contributed by atoms with Crippen LogP contribution in [0.25, 0.3) is 0 Å². The third-order valence-corrected chi connectivity index (χ3v) is 5.41. The molecule has 0 aliphatic carbocycles. The first-order chi connectivity index (χ1) is 8.09. The minimum absolute atomic E-state index is 0.195. The highest BCUT2D eigenvalue weighted by atomic mass is 79.9. The van der Waals surface area contributed by atoms with E-state index in [1.54, 1.807) is 0 Å². The number of hydrogen-bond donors (Lipinski definition) is 1. The first kappa shape index (κ1) is 13.4. The van der Waals surface area contributed by atoms with Gasteiger partial charge in [0.1, 0.15) is 5.82 Å². The number of rotatable bonds is 4. The molecule has 0 radical (unpaired) electrons. The van der Waals surface area contributed by atoms with Crippen LogP contribution in [0.5, 0.6) is 0 Å². The zero-order chi connectivity index (χ0) is 12.3. The predicted molar refractivity (Wildman–Crippen MR) is 75.9 cm³/mol. The molecule has 0 bridgehead atoms. The predicted octanol–water partition coefficient (Wildman–Crippen LogP) is 3.96. The van der Waals surface area contributed by atoms with E-state index < -0.39 is 0 Å². The third-order valence-electron chi connectivity index (χ3n) is 3.13. The zero-order valence-corrected chi connectivity index (χ0v) is 12.3. The molecule has 0 aromatic heterocycles. The summed E-state index contributed by atoms with van der Waals surface area (Å²) in [6.07, 6.45) is 2.61. The smallest absolute Gasteiger partial charge is 0.124 e. The molecule has 17 heavy (non-hydrogen) atoms. The lowest BCUT2D eigenvalue weighted by molar-refractivity contribution is 0.536. The van der Waals surface area contributed by atoms with E-state index in [2.05, 4.69) is 39.9 Å². The normalized spacial score (nSPS) is 24.2. The molecule has 1 aliphatic heterocycles. The Balaban J connectivity index is 1.85. The molecular formula is C13H17BrFNS. The average molecular weight is 318 g/mol. The van der Waals surface area contributed by atoms with E-state index in [0.29, 0.717) is 4.75 Å². The summed E-state index contributed by atoms with van der Waals surface area (Å²) < 4.78 is 14.1. The van der Waals surface area contributed by atoms with Crippen molar-refractivity contribution in [2.75, 3.05) is 12.3 Å². The van der Waals surface area contributed by atoms with Crippen LogP contribution in [0.1, 0.15) is 25.3 Å². The maximum atomic E-state index is 12.9. The van der Waals surface area contributed by atoms with Gasteiger partial charge in [-0.25, -0.2) is 4.39 Å². The molecule has 1 saturated heterocycles. The van der Waals surface area contributed by atoms with Gasteiger partial charge in [-0.15, -0.1) is 0 Å². The fraction of sp³-hybridized carbons (Fsp3) is 0.538. The first-order valence-corrected chi connectivity index (χ1v) is 7.66. The van der Waals surface area contributed by atoms with Crippen molar-refractivity contribution in [3.63, 3.8) is 0 Å². The van der Waals surface area contributed by atoms with Crippen LogP contribution in [0, 0.1) is 5.82 Å². The maximum Gasteiger partial charge on any atom is 0.124 e. The largest absolute Gasteiger partial charge is 0.311 e. The summed E-state index contributed by atoms with van der Waals surface area (Å²) in [5, 5.41) is 3.47. The monoisotopic (exact) mass is 317 g/mol. The molecule has 1 nitrogen and oxygen atoms in total. The van der Waals surface area contributed by atoms with Gasteiger partial charge in [0.15, 0.2) is 0 Å². The van der Waals surface area contributed by atoms with Crippen LogP contribution in [0.3, 0.4) is 0 Å². The first-order valence-electron chi connectivity index (χ1n) is 5.88. The van der Waals surface area contributed by atoms with E-state index in [1.165, 1.54) is 30.7 Å². The van der Waals surface area contributed by atoms with Crippen molar-refractivity contribution in [2.24, 2.45) is 0 Å². The molecule has 1 heterocycles. The van der Waals surface area contributed by atoms with Gasteiger partial charge in [0.05, 0.1) is 0 Å². The summed E-state index contributed by atoms with van der Waals surface area (Å²) >= 11 is 5.44. The van der Waals surface area contributed by atoms with E-state index in [1.807, 2.05) is 6.07 Å². The summed E-state index contributed by atoms with van der Waals surface area (Å²) in [6.45, 7) is 4.12. The Bertz CT molecular complexity index is 391. The summed E-state index contributed by atoms with van der Waals surface area (Å²) in [6, 6.07) is 4.85. The van der Waals surface area contributed by atoms with E-state index in [4.69, 9.17) is 0 Å². The van der Waals surface area contributed by atoms with E-state index in [0.717, 1.165) is 23.1 Å². The highest BCUT2D eigenvalue weighted by molar-refractivity contribution is 9.10. The summed E-state index contributed by atoms with van der Waals surface area (Å²) in [5.74, 6) is 1.08. The minimum Gasteiger partial charge on any atom is -0.311 e. The Kier molecular flexibility index (Phi) is 4.50. The van der Waals surface area contributed by atoms with Crippen molar-refractivity contribution in [1.29, 1.82) is 0 Å². The molecule has 2 rings (SSSR count). The van der Waals surface area contributed by atoms with Crippen LogP contribution in [-0.4, -0.2) is 17.0 Å². The van der Waals surface area contributed by atoms with Gasteiger partial charge in [-0.3, -0.25) is 0 Å². The lowest BCUT2D eigenvalue weighted by atomic mass is 10.1. The Labute approximate surface area is 115 Å². The maximum absolute atomic E-state index is 12.9. The lowest BCUT2D eigenvalue weighted by Crippen LogP contribution is -2.32. The van der Waals surface area contributed by atoms with Crippen LogP contribution < -0.4 is 5.32 Å². The van der Waals surface area contributed by atoms with Gasteiger partial charge in [0.25, 0.3) is 0 Å². The van der Waals surface area contributed by atoms with E-state index >= 15 is 0 Å². The third kappa shape index (κ3) is 3.70. The zero-order valence-electron chi connectivity index (χ0n) is 9.93. The average Bonchev–Trinajstić information content (AvgIpc) is 2.69. The molecule has 1 aliphatic rings. The lowest BCUT2D eigenvalue weighted by Gasteiger charge is -2.23. The number of hydrogen-bond acceptors (Lipinski definition) is 2. The molecular weight excluding hydrogens is 301 g/mol. The van der Waals surface area contributed by atoms with Gasteiger partial charge < -0.3 is 5.32 Å². The second-order valence-corrected chi connectivity index (χ2v) is 7.28. The topological polar surface area (TPSA) is 12.0 Å².